The monoisotopic (exact) mass is 346 g/mol. The van der Waals surface area contributed by atoms with E-state index in [9.17, 15) is 13.6 Å². The maximum absolute atomic E-state index is 13.7. The summed E-state index contributed by atoms with van der Waals surface area (Å²) >= 11 is 2.99. The zero-order chi connectivity index (χ0) is 14.9. The number of hydrogen-bond acceptors (Lipinski definition) is 2. The normalized spacial score (nSPS) is 16.9. The zero-order valence-electron chi connectivity index (χ0n) is 11.5. The van der Waals surface area contributed by atoms with Gasteiger partial charge >= 0.3 is 0 Å². The number of likely N-dealkylation sites (N-methyl/N-ethyl adjacent to an activating group) is 1. The number of rotatable bonds is 4. The van der Waals surface area contributed by atoms with Crippen molar-refractivity contribution < 1.29 is 13.6 Å². The topological polar surface area (TPSA) is 32.3 Å². The molecule has 1 saturated carbocycles. The molecule has 0 bridgehead atoms. The standard InChI is InChI=1S/C14H17BrF2N2O/c1-19(2)14(4-3-5-14)8-18-13(20)12-10(16)6-9(15)7-11(12)17/h6-7H,3-5,8H2,1-2H3,(H,18,20). The van der Waals surface area contributed by atoms with Crippen molar-refractivity contribution in [2.45, 2.75) is 24.8 Å². The third-order valence-corrected chi connectivity index (χ3v) is 4.50. The third kappa shape index (κ3) is 2.86. The van der Waals surface area contributed by atoms with Gasteiger partial charge in [0.25, 0.3) is 5.91 Å². The second kappa shape index (κ2) is 5.77. The lowest BCUT2D eigenvalue weighted by molar-refractivity contribution is 0.0555. The fourth-order valence-corrected chi connectivity index (χ4v) is 2.86. The highest BCUT2D eigenvalue weighted by Gasteiger charge is 2.39. The Labute approximate surface area is 125 Å². The van der Waals surface area contributed by atoms with Gasteiger partial charge in [0.1, 0.15) is 17.2 Å². The quantitative estimate of drug-likeness (QED) is 0.908. The van der Waals surface area contributed by atoms with Crippen LogP contribution in [0.2, 0.25) is 0 Å². The number of nitrogens with one attached hydrogen (secondary N) is 1. The summed E-state index contributed by atoms with van der Waals surface area (Å²) in [6.07, 6.45) is 3.06. The van der Waals surface area contributed by atoms with Gasteiger partial charge in [-0.15, -0.1) is 0 Å². The maximum Gasteiger partial charge on any atom is 0.257 e. The van der Waals surface area contributed by atoms with Crippen LogP contribution in [0.25, 0.3) is 0 Å². The molecule has 0 unspecified atom stereocenters. The number of amides is 1. The Balaban J connectivity index is 2.10. The van der Waals surface area contributed by atoms with Crippen molar-refractivity contribution in [3.63, 3.8) is 0 Å². The van der Waals surface area contributed by atoms with Crippen LogP contribution in [0.4, 0.5) is 8.78 Å². The molecule has 0 radical (unpaired) electrons. The predicted octanol–water partition coefficient (Wildman–Crippen LogP) is 2.94. The second-order valence-electron chi connectivity index (χ2n) is 5.40. The highest BCUT2D eigenvalue weighted by molar-refractivity contribution is 9.10. The van der Waals surface area contributed by atoms with Gasteiger partial charge in [0.15, 0.2) is 0 Å². The number of nitrogens with zero attached hydrogens (tertiary/aromatic N) is 1. The molecule has 1 aliphatic carbocycles. The summed E-state index contributed by atoms with van der Waals surface area (Å²) in [5.41, 5.74) is -0.612. The van der Waals surface area contributed by atoms with E-state index in [-0.39, 0.29) is 10.0 Å². The average Bonchev–Trinajstić information content (AvgIpc) is 2.25. The van der Waals surface area contributed by atoms with Crippen LogP contribution in [0, 0.1) is 11.6 Å². The minimum atomic E-state index is -0.859. The lowest BCUT2D eigenvalue weighted by Gasteiger charge is -2.47. The van der Waals surface area contributed by atoms with Crippen molar-refractivity contribution in [1.82, 2.24) is 10.2 Å². The smallest absolute Gasteiger partial charge is 0.257 e. The molecule has 1 amide bonds. The largest absolute Gasteiger partial charge is 0.350 e. The summed E-state index contributed by atoms with van der Waals surface area (Å²) in [5, 5.41) is 2.65. The molecular weight excluding hydrogens is 330 g/mol. The van der Waals surface area contributed by atoms with Crippen molar-refractivity contribution in [1.29, 1.82) is 0 Å². The number of benzene rings is 1. The predicted molar refractivity (Wildman–Crippen MR) is 76.7 cm³/mol. The minimum Gasteiger partial charge on any atom is -0.350 e. The van der Waals surface area contributed by atoms with Crippen molar-refractivity contribution in [2.24, 2.45) is 0 Å². The Morgan fingerprint density at radius 1 is 1.35 bits per heavy atom. The van der Waals surface area contributed by atoms with Crippen LogP contribution >= 0.6 is 15.9 Å². The Kier molecular flexibility index (Phi) is 4.44. The summed E-state index contributed by atoms with van der Waals surface area (Å²) in [5.74, 6) is -2.43. The SMILES string of the molecule is CN(C)C1(CNC(=O)c2c(F)cc(Br)cc2F)CCC1. The van der Waals surface area contributed by atoms with Crippen LogP contribution in [-0.2, 0) is 0 Å². The van der Waals surface area contributed by atoms with Crippen molar-refractivity contribution in [3.8, 4) is 0 Å². The molecule has 0 aliphatic heterocycles. The number of carbonyl (C=O) groups excluding carboxylic acids is 1. The first-order chi connectivity index (χ1) is 9.35. The molecule has 6 heteroatoms. The fraction of sp³-hybridized carbons (Fsp3) is 0.500. The van der Waals surface area contributed by atoms with E-state index in [1.165, 1.54) is 0 Å². The van der Waals surface area contributed by atoms with Gasteiger partial charge in [-0.05, 0) is 45.5 Å². The summed E-state index contributed by atoms with van der Waals surface area (Å²) in [6, 6.07) is 2.17. The molecule has 0 atom stereocenters. The fourth-order valence-electron chi connectivity index (χ4n) is 2.46. The van der Waals surface area contributed by atoms with E-state index in [0.717, 1.165) is 31.4 Å². The van der Waals surface area contributed by atoms with Gasteiger partial charge in [-0.2, -0.15) is 0 Å². The number of hydrogen-bond donors (Lipinski definition) is 1. The van der Waals surface area contributed by atoms with E-state index >= 15 is 0 Å². The lowest BCUT2D eigenvalue weighted by Crippen LogP contribution is -2.57. The first-order valence-corrected chi connectivity index (χ1v) is 7.25. The van der Waals surface area contributed by atoms with E-state index < -0.39 is 23.1 Å². The van der Waals surface area contributed by atoms with Crippen LogP contribution in [0.1, 0.15) is 29.6 Å². The van der Waals surface area contributed by atoms with Crippen LogP contribution in [0.5, 0.6) is 0 Å². The molecule has 3 nitrogen and oxygen atoms in total. The third-order valence-electron chi connectivity index (χ3n) is 4.04. The van der Waals surface area contributed by atoms with E-state index in [4.69, 9.17) is 0 Å². The molecular formula is C14H17BrF2N2O. The van der Waals surface area contributed by atoms with Gasteiger partial charge in [-0.25, -0.2) is 8.78 Å². The van der Waals surface area contributed by atoms with Gasteiger partial charge in [0.2, 0.25) is 0 Å². The molecule has 1 aromatic rings. The van der Waals surface area contributed by atoms with Crippen LogP contribution in [0.15, 0.2) is 16.6 Å². The Bertz CT molecular complexity index is 507. The molecule has 0 heterocycles. The molecule has 1 fully saturated rings. The molecule has 0 spiro atoms. The number of halogens is 3. The molecule has 110 valence electrons. The van der Waals surface area contributed by atoms with E-state index in [2.05, 4.69) is 26.1 Å². The second-order valence-corrected chi connectivity index (χ2v) is 6.32. The first kappa shape index (κ1) is 15.4. The zero-order valence-corrected chi connectivity index (χ0v) is 13.1. The summed E-state index contributed by atoms with van der Waals surface area (Å²) in [7, 11) is 3.90. The molecule has 1 N–H and O–H groups in total. The van der Waals surface area contributed by atoms with Gasteiger partial charge in [-0.1, -0.05) is 15.9 Å². The first-order valence-electron chi connectivity index (χ1n) is 6.46. The molecule has 2 rings (SSSR count). The Hall–Kier alpha value is -1.01. The average molecular weight is 347 g/mol. The minimum absolute atomic E-state index is 0.0853. The van der Waals surface area contributed by atoms with Crippen molar-refractivity contribution in [3.05, 3.63) is 33.8 Å². The molecule has 0 saturated heterocycles. The van der Waals surface area contributed by atoms with E-state index in [1.54, 1.807) is 0 Å². The molecule has 0 aromatic heterocycles. The lowest BCUT2D eigenvalue weighted by atomic mass is 9.75. The van der Waals surface area contributed by atoms with E-state index in [1.807, 2.05) is 14.1 Å². The van der Waals surface area contributed by atoms with Crippen molar-refractivity contribution >= 4 is 21.8 Å². The Morgan fingerprint density at radius 3 is 2.30 bits per heavy atom. The highest BCUT2D eigenvalue weighted by Crippen LogP contribution is 2.35. The van der Waals surface area contributed by atoms with Gasteiger partial charge in [-0.3, -0.25) is 4.79 Å². The van der Waals surface area contributed by atoms with Crippen molar-refractivity contribution in [2.75, 3.05) is 20.6 Å². The molecule has 1 aliphatic rings. The van der Waals surface area contributed by atoms with Crippen LogP contribution < -0.4 is 5.32 Å². The van der Waals surface area contributed by atoms with E-state index in [0.29, 0.717) is 6.54 Å². The molecule has 1 aromatic carbocycles. The molecule has 20 heavy (non-hydrogen) atoms. The van der Waals surface area contributed by atoms with Gasteiger partial charge in [0.05, 0.1) is 0 Å². The van der Waals surface area contributed by atoms with Gasteiger partial charge in [0, 0.05) is 16.6 Å². The summed E-state index contributed by atoms with van der Waals surface area (Å²) in [4.78, 5) is 14.0. The maximum atomic E-state index is 13.7. The highest BCUT2D eigenvalue weighted by atomic mass is 79.9. The van der Waals surface area contributed by atoms with Crippen LogP contribution in [0.3, 0.4) is 0 Å². The summed E-state index contributed by atoms with van der Waals surface area (Å²) < 4.78 is 27.7. The van der Waals surface area contributed by atoms with Gasteiger partial charge < -0.3 is 10.2 Å². The van der Waals surface area contributed by atoms with Crippen LogP contribution in [-0.4, -0.2) is 37.0 Å². The Morgan fingerprint density at radius 2 is 1.90 bits per heavy atom. The summed E-state index contributed by atoms with van der Waals surface area (Å²) in [6.45, 7) is 0.397. The number of carbonyl (C=O) groups is 1.